The van der Waals surface area contributed by atoms with E-state index in [1.807, 2.05) is 6.07 Å². The van der Waals surface area contributed by atoms with Crippen molar-refractivity contribution in [3.05, 3.63) is 42.0 Å². The van der Waals surface area contributed by atoms with Crippen LogP contribution in [0.15, 0.2) is 36.4 Å². The lowest BCUT2D eigenvalue weighted by Gasteiger charge is -2.33. The second kappa shape index (κ2) is 5.38. The Morgan fingerprint density at radius 2 is 2.14 bits per heavy atom. The minimum Gasteiger partial charge on any atom is -0.481 e. The predicted molar refractivity (Wildman–Crippen MR) is 89.9 cm³/mol. The molecule has 0 radical (unpaired) electrons. The van der Waals surface area contributed by atoms with Crippen LogP contribution in [0.1, 0.15) is 31.2 Å². The molecule has 108 valence electrons. The molecule has 3 heterocycles. The number of allylic oxidation sites excluding steroid dienone is 1. The Kier molecular flexibility index (Phi) is 3.38. The topological polar surface area (TPSA) is 22.1 Å². The highest BCUT2D eigenvalue weighted by Gasteiger charge is 2.27. The Morgan fingerprint density at radius 1 is 1.19 bits per heavy atom. The van der Waals surface area contributed by atoms with Gasteiger partial charge in [-0.2, -0.15) is 11.8 Å². The van der Waals surface area contributed by atoms with Crippen LogP contribution in [-0.2, 0) is 0 Å². The van der Waals surface area contributed by atoms with Crippen molar-refractivity contribution in [2.75, 3.05) is 7.11 Å². The zero-order valence-electron chi connectivity index (χ0n) is 12.2. The Bertz CT molecular complexity index is 709. The largest absolute Gasteiger partial charge is 0.481 e. The number of nitrogens with zero attached hydrogens (tertiary/aromatic N) is 1. The lowest BCUT2D eigenvalue weighted by atomic mass is 9.92. The molecule has 0 N–H and O–H groups in total. The monoisotopic (exact) mass is 297 g/mol. The number of aromatic nitrogens is 1. The third-order valence-electron chi connectivity index (χ3n) is 4.46. The minimum absolute atomic E-state index is 0.679. The molecule has 4 rings (SSSR count). The highest BCUT2D eigenvalue weighted by Crippen LogP contribution is 2.43. The Hall–Kier alpha value is -1.48. The van der Waals surface area contributed by atoms with Crippen LogP contribution in [0.5, 0.6) is 5.88 Å². The van der Waals surface area contributed by atoms with Crippen molar-refractivity contribution in [2.24, 2.45) is 0 Å². The van der Waals surface area contributed by atoms with Crippen molar-refractivity contribution in [3.8, 4) is 5.88 Å². The third kappa shape index (κ3) is 2.55. The maximum absolute atomic E-state index is 5.19. The molecule has 3 heteroatoms. The highest BCUT2D eigenvalue weighted by molar-refractivity contribution is 8.00. The van der Waals surface area contributed by atoms with E-state index in [1.54, 1.807) is 7.11 Å². The van der Waals surface area contributed by atoms with Crippen molar-refractivity contribution in [1.82, 2.24) is 4.98 Å². The van der Waals surface area contributed by atoms with Crippen LogP contribution in [0.25, 0.3) is 16.5 Å². The second-order valence-electron chi connectivity index (χ2n) is 5.88. The number of methoxy groups -OCH3 is 1. The van der Waals surface area contributed by atoms with E-state index in [2.05, 4.69) is 47.1 Å². The number of thioether (sulfide) groups is 1. The van der Waals surface area contributed by atoms with Gasteiger partial charge in [0.25, 0.3) is 0 Å². The summed E-state index contributed by atoms with van der Waals surface area (Å²) >= 11 is 2.17. The lowest BCUT2D eigenvalue weighted by molar-refractivity contribution is 0.399. The summed E-state index contributed by atoms with van der Waals surface area (Å²) in [6, 6.07) is 10.6. The molecule has 0 aliphatic carbocycles. The summed E-state index contributed by atoms with van der Waals surface area (Å²) in [7, 11) is 1.66. The van der Waals surface area contributed by atoms with E-state index in [0.29, 0.717) is 5.88 Å². The first-order valence-electron chi connectivity index (χ1n) is 7.63. The molecule has 2 aliphatic heterocycles. The molecule has 2 bridgehead atoms. The third-order valence-corrected chi connectivity index (χ3v) is 5.97. The van der Waals surface area contributed by atoms with E-state index in [0.717, 1.165) is 16.0 Å². The van der Waals surface area contributed by atoms with Gasteiger partial charge in [-0.15, -0.1) is 0 Å². The minimum atomic E-state index is 0.679. The average Bonchev–Trinajstić information content (AvgIpc) is 2.53. The zero-order chi connectivity index (χ0) is 14.2. The van der Waals surface area contributed by atoms with Gasteiger partial charge >= 0.3 is 0 Å². The molecule has 0 spiro atoms. The van der Waals surface area contributed by atoms with Gasteiger partial charge in [-0.05, 0) is 48.6 Å². The fourth-order valence-electron chi connectivity index (χ4n) is 3.37. The van der Waals surface area contributed by atoms with Gasteiger partial charge in [-0.1, -0.05) is 18.6 Å². The molecule has 2 nitrogen and oxygen atoms in total. The van der Waals surface area contributed by atoms with Crippen molar-refractivity contribution in [2.45, 2.75) is 36.2 Å². The van der Waals surface area contributed by atoms with E-state index >= 15 is 0 Å². The molecule has 2 aliphatic rings. The van der Waals surface area contributed by atoms with Gasteiger partial charge in [-0.3, -0.25) is 0 Å². The summed E-state index contributed by atoms with van der Waals surface area (Å²) in [5, 5.41) is 2.75. The van der Waals surface area contributed by atoms with Crippen LogP contribution in [0.3, 0.4) is 0 Å². The first kappa shape index (κ1) is 13.2. The average molecular weight is 297 g/mol. The summed E-state index contributed by atoms with van der Waals surface area (Å²) in [5.74, 6) is 0.679. The Labute approximate surface area is 129 Å². The van der Waals surface area contributed by atoms with Crippen LogP contribution >= 0.6 is 11.8 Å². The fraction of sp³-hybridized carbons (Fsp3) is 0.389. The van der Waals surface area contributed by atoms with Crippen LogP contribution < -0.4 is 4.74 Å². The van der Waals surface area contributed by atoms with Crippen LogP contribution in [0.2, 0.25) is 0 Å². The summed E-state index contributed by atoms with van der Waals surface area (Å²) < 4.78 is 5.19. The summed E-state index contributed by atoms with van der Waals surface area (Å²) in [4.78, 5) is 4.49. The maximum atomic E-state index is 5.19. The number of rotatable bonds is 2. The highest BCUT2D eigenvalue weighted by atomic mass is 32.2. The smallest absolute Gasteiger partial charge is 0.213 e. The summed E-state index contributed by atoms with van der Waals surface area (Å²) in [6.07, 6.45) is 7.84. The number of fused-ring (bicyclic) bond motifs is 3. The van der Waals surface area contributed by atoms with Crippen molar-refractivity contribution in [1.29, 1.82) is 0 Å². The number of ether oxygens (including phenoxy) is 1. The van der Waals surface area contributed by atoms with Gasteiger partial charge in [-0.25, -0.2) is 4.98 Å². The Balaban J connectivity index is 1.72. The number of hydrogen-bond acceptors (Lipinski definition) is 3. The van der Waals surface area contributed by atoms with E-state index in [9.17, 15) is 0 Å². The lowest BCUT2D eigenvalue weighted by Crippen LogP contribution is -2.21. The molecule has 1 fully saturated rings. The number of benzene rings is 1. The molecular formula is C18H19NOS. The molecule has 0 amide bonds. The van der Waals surface area contributed by atoms with Gasteiger partial charge in [0.2, 0.25) is 5.88 Å². The first-order chi connectivity index (χ1) is 10.3. The molecular weight excluding hydrogens is 278 g/mol. The van der Waals surface area contributed by atoms with Crippen LogP contribution in [0.4, 0.5) is 0 Å². The van der Waals surface area contributed by atoms with Gasteiger partial charge in [0.05, 0.1) is 12.6 Å². The second-order valence-corrected chi connectivity index (χ2v) is 7.43. The van der Waals surface area contributed by atoms with Crippen molar-refractivity contribution >= 4 is 28.2 Å². The molecule has 0 saturated carbocycles. The number of pyridine rings is 1. The van der Waals surface area contributed by atoms with Crippen LogP contribution in [0, 0.1) is 0 Å². The van der Waals surface area contributed by atoms with E-state index in [1.165, 1.54) is 42.2 Å². The predicted octanol–water partition coefficient (Wildman–Crippen LogP) is 4.68. The molecule has 2 aromatic rings. The summed E-state index contributed by atoms with van der Waals surface area (Å²) in [6.45, 7) is 0. The molecule has 1 saturated heterocycles. The molecule has 2 atom stereocenters. The fourth-order valence-corrected chi connectivity index (χ4v) is 4.99. The Morgan fingerprint density at radius 3 is 3.00 bits per heavy atom. The van der Waals surface area contributed by atoms with E-state index in [4.69, 9.17) is 4.74 Å². The van der Waals surface area contributed by atoms with Gasteiger partial charge in [0, 0.05) is 22.0 Å². The van der Waals surface area contributed by atoms with E-state index < -0.39 is 0 Å². The van der Waals surface area contributed by atoms with Gasteiger partial charge < -0.3 is 4.74 Å². The molecule has 1 aromatic carbocycles. The standard InChI is InChI=1S/C18H19NOS/c1-20-18-8-6-13-9-12(5-7-17(13)19-18)14-10-15-3-2-4-16(11-14)21-15/h5-10,15-16H,2-4,11H2,1H3. The first-order valence-corrected chi connectivity index (χ1v) is 8.57. The van der Waals surface area contributed by atoms with Crippen molar-refractivity contribution < 1.29 is 4.74 Å². The zero-order valence-corrected chi connectivity index (χ0v) is 13.0. The quantitative estimate of drug-likeness (QED) is 0.803. The van der Waals surface area contributed by atoms with Crippen LogP contribution in [-0.4, -0.2) is 22.6 Å². The van der Waals surface area contributed by atoms with E-state index in [-0.39, 0.29) is 0 Å². The molecule has 21 heavy (non-hydrogen) atoms. The maximum Gasteiger partial charge on any atom is 0.213 e. The summed E-state index contributed by atoms with van der Waals surface area (Å²) in [5.41, 5.74) is 3.90. The van der Waals surface area contributed by atoms with Crippen molar-refractivity contribution in [3.63, 3.8) is 0 Å². The normalized spacial score (nSPS) is 24.7. The molecule has 2 unspecified atom stereocenters. The number of hydrogen-bond donors (Lipinski definition) is 0. The molecule has 1 aromatic heterocycles. The van der Waals surface area contributed by atoms with Gasteiger partial charge in [0.15, 0.2) is 0 Å². The van der Waals surface area contributed by atoms with Gasteiger partial charge in [0.1, 0.15) is 0 Å². The SMILES string of the molecule is COc1ccc2cc(C3=CC4CCCC(C3)S4)ccc2n1.